The van der Waals surface area contributed by atoms with Gasteiger partial charge in [0.05, 0.1) is 0 Å². The molecule has 3 aromatic heterocycles. The predicted octanol–water partition coefficient (Wildman–Crippen LogP) is 1.08. The van der Waals surface area contributed by atoms with Gasteiger partial charge in [-0.2, -0.15) is 0 Å². The molecule has 0 radical (unpaired) electrons. The summed E-state index contributed by atoms with van der Waals surface area (Å²) in [6.45, 7) is 1.92. The van der Waals surface area contributed by atoms with Gasteiger partial charge in [0, 0.05) is 29.7 Å². The van der Waals surface area contributed by atoms with Crippen molar-refractivity contribution in [2.24, 2.45) is 0 Å². The molecule has 0 aliphatic carbocycles. The van der Waals surface area contributed by atoms with Crippen molar-refractivity contribution in [1.29, 1.82) is 0 Å². The molecule has 0 saturated carbocycles. The van der Waals surface area contributed by atoms with Crippen LogP contribution in [-0.2, 0) is 0 Å². The van der Waals surface area contributed by atoms with Crippen LogP contribution in [0, 0.1) is 6.92 Å². The van der Waals surface area contributed by atoms with Crippen LogP contribution in [0.1, 0.15) is 5.69 Å². The molecule has 6 nitrogen and oxygen atoms in total. The first-order valence-electron chi connectivity index (χ1n) is 5.15. The van der Waals surface area contributed by atoms with Gasteiger partial charge < -0.3 is 5.73 Å². The Balaban J connectivity index is 2.36. The molecule has 0 saturated heterocycles. The number of nitrogens with zero attached hydrogens (tertiary/aromatic N) is 5. The van der Waals surface area contributed by atoms with Gasteiger partial charge in [0.15, 0.2) is 11.5 Å². The van der Waals surface area contributed by atoms with Crippen LogP contribution in [0.5, 0.6) is 0 Å². The highest BCUT2D eigenvalue weighted by atomic mass is 15.3. The summed E-state index contributed by atoms with van der Waals surface area (Å²) in [5.41, 5.74) is 8.30. The Bertz CT molecular complexity index is 687. The molecular formula is C11H10N6. The normalized spacial score (nSPS) is 10.9. The maximum atomic E-state index is 5.84. The summed E-state index contributed by atoms with van der Waals surface area (Å²) in [6, 6.07) is 5.56. The van der Waals surface area contributed by atoms with Crippen LogP contribution in [0.3, 0.4) is 0 Å². The molecule has 0 fully saturated rings. The predicted molar refractivity (Wildman–Crippen MR) is 63.2 cm³/mol. The van der Waals surface area contributed by atoms with Crippen LogP contribution in [0.25, 0.3) is 17.0 Å². The second kappa shape index (κ2) is 3.51. The van der Waals surface area contributed by atoms with E-state index < -0.39 is 0 Å². The molecule has 0 spiro atoms. The molecule has 0 atom stereocenters. The van der Waals surface area contributed by atoms with Gasteiger partial charge in [-0.25, -0.2) is 9.38 Å². The second-order valence-electron chi connectivity index (χ2n) is 3.66. The second-order valence-corrected chi connectivity index (χ2v) is 3.66. The van der Waals surface area contributed by atoms with Crippen molar-refractivity contribution in [2.45, 2.75) is 6.92 Å². The van der Waals surface area contributed by atoms with E-state index in [1.165, 1.54) is 0 Å². The number of pyridine rings is 1. The first-order valence-corrected chi connectivity index (χ1v) is 5.15. The van der Waals surface area contributed by atoms with Gasteiger partial charge >= 0.3 is 0 Å². The molecule has 84 valence electrons. The fraction of sp³-hybridized carbons (Fsp3) is 0.0909. The minimum atomic E-state index is 0.366. The molecule has 3 rings (SSSR count). The molecule has 0 unspecified atom stereocenters. The van der Waals surface area contributed by atoms with E-state index in [1.54, 1.807) is 22.9 Å². The third-order valence-corrected chi connectivity index (χ3v) is 2.60. The Kier molecular flexibility index (Phi) is 2.01. The van der Waals surface area contributed by atoms with E-state index in [4.69, 9.17) is 5.73 Å². The molecule has 0 aliphatic rings. The van der Waals surface area contributed by atoms with Crippen molar-refractivity contribution in [3.8, 4) is 11.4 Å². The highest BCUT2D eigenvalue weighted by molar-refractivity contribution is 5.63. The van der Waals surface area contributed by atoms with Crippen LogP contribution in [-0.4, -0.2) is 24.6 Å². The number of anilines is 1. The van der Waals surface area contributed by atoms with Gasteiger partial charge in [-0.15, -0.1) is 10.2 Å². The lowest BCUT2D eigenvalue weighted by Gasteiger charge is -2.04. The number of nitrogen functional groups attached to an aromatic ring is 1. The number of nitrogens with two attached hydrogens (primary N) is 1. The molecule has 3 aromatic rings. The van der Waals surface area contributed by atoms with Gasteiger partial charge in [-0.3, -0.25) is 4.98 Å². The monoisotopic (exact) mass is 226 g/mol. The zero-order valence-corrected chi connectivity index (χ0v) is 9.20. The van der Waals surface area contributed by atoms with E-state index in [-0.39, 0.29) is 0 Å². The standard InChI is InChI=1S/C11H10N6/c1-7-8(3-2-5-13-7)10-16-15-9-4-6-14-11(12)17(9)10/h2-6H,1H3,(H2,12,14). The van der Waals surface area contributed by atoms with E-state index in [0.29, 0.717) is 17.4 Å². The lowest BCUT2D eigenvalue weighted by molar-refractivity contribution is 1.08. The fourth-order valence-corrected chi connectivity index (χ4v) is 1.76. The summed E-state index contributed by atoms with van der Waals surface area (Å²) in [5, 5.41) is 8.20. The topological polar surface area (TPSA) is 82.0 Å². The van der Waals surface area contributed by atoms with Crippen LogP contribution in [0.15, 0.2) is 30.6 Å². The summed E-state index contributed by atoms with van der Waals surface area (Å²) >= 11 is 0. The number of hydrogen-bond acceptors (Lipinski definition) is 5. The first kappa shape index (κ1) is 9.71. The summed E-state index contributed by atoms with van der Waals surface area (Å²) in [5.74, 6) is 1.03. The van der Waals surface area contributed by atoms with E-state index in [1.807, 2.05) is 19.1 Å². The van der Waals surface area contributed by atoms with E-state index in [0.717, 1.165) is 11.3 Å². The minimum Gasteiger partial charge on any atom is -0.369 e. The molecule has 6 heteroatoms. The van der Waals surface area contributed by atoms with Crippen LogP contribution in [0.2, 0.25) is 0 Å². The van der Waals surface area contributed by atoms with Gasteiger partial charge in [-0.05, 0) is 19.1 Å². The molecule has 3 heterocycles. The Hall–Kier alpha value is -2.50. The molecule has 0 aliphatic heterocycles. The minimum absolute atomic E-state index is 0.366. The molecule has 0 amide bonds. The third kappa shape index (κ3) is 1.42. The van der Waals surface area contributed by atoms with Crippen molar-refractivity contribution in [3.05, 3.63) is 36.3 Å². The van der Waals surface area contributed by atoms with Gasteiger partial charge in [0.2, 0.25) is 5.95 Å². The summed E-state index contributed by atoms with van der Waals surface area (Å²) < 4.78 is 1.71. The van der Waals surface area contributed by atoms with E-state index >= 15 is 0 Å². The highest BCUT2D eigenvalue weighted by Crippen LogP contribution is 2.21. The van der Waals surface area contributed by atoms with Crippen molar-refractivity contribution in [2.75, 3.05) is 5.73 Å². The van der Waals surface area contributed by atoms with Crippen molar-refractivity contribution in [1.82, 2.24) is 24.6 Å². The average molecular weight is 226 g/mol. The lowest BCUT2D eigenvalue weighted by atomic mass is 10.2. The Labute approximate surface area is 97.2 Å². The largest absolute Gasteiger partial charge is 0.369 e. The molecule has 0 bridgehead atoms. The van der Waals surface area contributed by atoms with Crippen LogP contribution < -0.4 is 5.73 Å². The number of fused-ring (bicyclic) bond motifs is 1. The first-order chi connectivity index (χ1) is 8.27. The van der Waals surface area contributed by atoms with E-state index in [2.05, 4.69) is 20.2 Å². The molecule has 17 heavy (non-hydrogen) atoms. The number of rotatable bonds is 1. The Morgan fingerprint density at radius 3 is 2.82 bits per heavy atom. The molecule has 0 aromatic carbocycles. The fourth-order valence-electron chi connectivity index (χ4n) is 1.76. The highest BCUT2D eigenvalue weighted by Gasteiger charge is 2.12. The summed E-state index contributed by atoms with van der Waals surface area (Å²) in [6.07, 6.45) is 3.35. The number of aromatic nitrogens is 5. The van der Waals surface area contributed by atoms with Crippen molar-refractivity contribution >= 4 is 11.6 Å². The van der Waals surface area contributed by atoms with Gasteiger partial charge in [0.1, 0.15) is 0 Å². The van der Waals surface area contributed by atoms with Crippen molar-refractivity contribution < 1.29 is 0 Å². The molecular weight excluding hydrogens is 216 g/mol. The Morgan fingerprint density at radius 1 is 1.12 bits per heavy atom. The van der Waals surface area contributed by atoms with Crippen molar-refractivity contribution in [3.63, 3.8) is 0 Å². The van der Waals surface area contributed by atoms with Crippen LogP contribution in [0.4, 0.5) is 5.95 Å². The molecule has 2 N–H and O–H groups in total. The van der Waals surface area contributed by atoms with Gasteiger partial charge in [0.25, 0.3) is 0 Å². The zero-order valence-electron chi connectivity index (χ0n) is 9.20. The van der Waals surface area contributed by atoms with E-state index in [9.17, 15) is 0 Å². The number of hydrogen-bond donors (Lipinski definition) is 1. The summed E-state index contributed by atoms with van der Waals surface area (Å²) in [7, 11) is 0. The third-order valence-electron chi connectivity index (χ3n) is 2.60. The smallest absolute Gasteiger partial charge is 0.207 e. The SMILES string of the molecule is Cc1ncccc1-c1nnc2ccnc(N)n12. The maximum absolute atomic E-state index is 5.84. The maximum Gasteiger partial charge on any atom is 0.207 e. The van der Waals surface area contributed by atoms with Gasteiger partial charge in [-0.1, -0.05) is 0 Å². The summed E-state index contributed by atoms with van der Waals surface area (Å²) in [4.78, 5) is 8.26. The zero-order chi connectivity index (χ0) is 11.8. The quantitative estimate of drug-likeness (QED) is 0.671. The Morgan fingerprint density at radius 2 is 2.00 bits per heavy atom. The van der Waals surface area contributed by atoms with Crippen LogP contribution >= 0.6 is 0 Å². The lowest BCUT2D eigenvalue weighted by Crippen LogP contribution is -2.02. The number of aryl methyl sites for hydroxylation is 1. The average Bonchev–Trinajstić information content (AvgIpc) is 2.75.